The van der Waals surface area contributed by atoms with Gasteiger partial charge in [-0.3, -0.25) is 8.99 Å². The molecule has 2 aromatic rings. The standard InChI is InChI=1S/C14H13N3O2S/c1-4-9-17-14-11-7-5-6-8-12(11)20(18,19)16(3)13(14)10(2)15-17/h1,5-8H,9H2,2-3H3. The van der Waals surface area contributed by atoms with Crippen LogP contribution in [0.15, 0.2) is 29.2 Å². The third-order valence-corrected chi connectivity index (χ3v) is 5.25. The van der Waals surface area contributed by atoms with E-state index in [1.165, 1.54) is 4.31 Å². The van der Waals surface area contributed by atoms with E-state index in [9.17, 15) is 8.42 Å². The van der Waals surface area contributed by atoms with Gasteiger partial charge in [-0.15, -0.1) is 6.42 Å². The van der Waals surface area contributed by atoms with Crippen LogP contribution in [0.3, 0.4) is 0 Å². The van der Waals surface area contributed by atoms with Crippen molar-refractivity contribution in [2.75, 3.05) is 11.4 Å². The lowest BCUT2D eigenvalue weighted by Gasteiger charge is -2.27. The second kappa shape index (κ2) is 4.12. The van der Waals surface area contributed by atoms with Crippen LogP contribution in [-0.2, 0) is 16.6 Å². The van der Waals surface area contributed by atoms with Gasteiger partial charge in [0.1, 0.15) is 12.2 Å². The van der Waals surface area contributed by atoms with Gasteiger partial charge in [-0.05, 0) is 13.0 Å². The van der Waals surface area contributed by atoms with Gasteiger partial charge in [0.25, 0.3) is 10.0 Å². The summed E-state index contributed by atoms with van der Waals surface area (Å²) in [6.07, 6.45) is 5.37. The van der Waals surface area contributed by atoms with E-state index in [0.29, 0.717) is 23.5 Å². The number of hydrogen-bond acceptors (Lipinski definition) is 3. The Balaban J connectivity index is 2.44. The number of aryl methyl sites for hydroxylation is 1. The van der Waals surface area contributed by atoms with Crippen molar-refractivity contribution >= 4 is 15.7 Å². The molecule has 2 heterocycles. The molecule has 1 aromatic carbocycles. The lowest BCUT2D eigenvalue weighted by Crippen LogP contribution is -2.30. The fourth-order valence-electron chi connectivity index (χ4n) is 2.57. The molecule has 0 aliphatic carbocycles. The second-order valence-electron chi connectivity index (χ2n) is 4.61. The summed E-state index contributed by atoms with van der Waals surface area (Å²) in [6.45, 7) is 2.09. The largest absolute Gasteiger partial charge is 0.265 e. The van der Waals surface area contributed by atoms with Crippen LogP contribution in [0.2, 0.25) is 0 Å². The molecule has 0 saturated carbocycles. The molecular weight excluding hydrogens is 274 g/mol. The number of nitrogens with zero attached hydrogens (tertiary/aromatic N) is 3. The third-order valence-electron chi connectivity index (χ3n) is 3.43. The second-order valence-corrected chi connectivity index (χ2v) is 6.55. The number of terminal acetylenes is 1. The minimum Gasteiger partial charge on any atom is -0.265 e. The van der Waals surface area contributed by atoms with Gasteiger partial charge in [-0.25, -0.2) is 8.42 Å². The molecule has 0 bridgehead atoms. The van der Waals surface area contributed by atoms with Crippen molar-refractivity contribution in [1.29, 1.82) is 0 Å². The molecule has 0 spiro atoms. The minimum absolute atomic E-state index is 0.285. The first-order valence-electron chi connectivity index (χ1n) is 6.07. The summed E-state index contributed by atoms with van der Waals surface area (Å²) in [5.41, 5.74) is 2.65. The van der Waals surface area contributed by atoms with Crippen molar-refractivity contribution in [2.24, 2.45) is 0 Å². The zero-order valence-electron chi connectivity index (χ0n) is 11.2. The number of benzene rings is 1. The van der Waals surface area contributed by atoms with Crippen LogP contribution in [0.25, 0.3) is 11.3 Å². The summed E-state index contributed by atoms with van der Waals surface area (Å²) in [6, 6.07) is 6.91. The lowest BCUT2D eigenvalue weighted by molar-refractivity contribution is 0.593. The molecule has 0 saturated heterocycles. The Morgan fingerprint density at radius 1 is 1.35 bits per heavy atom. The molecule has 0 fully saturated rings. The van der Waals surface area contributed by atoms with Crippen LogP contribution in [0.4, 0.5) is 5.69 Å². The van der Waals surface area contributed by atoms with E-state index in [2.05, 4.69) is 11.0 Å². The smallest absolute Gasteiger partial charge is 0.264 e. The normalized spacial score (nSPS) is 15.3. The van der Waals surface area contributed by atoms with Gasteiger partial charge in [0.2, 0.25) is 0 Å². The molecule has 0 unspecified atom stereocenters. The van der Waals surface area contributed by atoms with E-state index in [-0.39, 0.29) is 4.90 Å². The molecule has 0 amide bonds. The highest BCUT2D eigenvalue weighted by atomic mass is 32.2. The highest BCUT2D eigenvalue weighted by Gasteiger charge is 2.36. The predicted molar refractivity (Wildman–Crippen MR) is 76.8 cm³/mol. The van der Waals surface area contributed by atoms with E-state index in [4.69, 9.17) is 6.42 Å². The van der Waals surface area contributed by atoms with E-state index in [1.54, 1.807) is 36.9 Å². The Kier molecular flexibility index (Phi) is 2.63. The number of rotatable bonds is 1. The van der Waals surface area contributed by atoms with Crippen molar-refractivity contribution in [1.82, 2.24) is 9.78 Å². The van der Waals surface area contributed by atoms with Gasteiger partial charge in [0, 0.05) is 12.6 Å². The van der Waals surface area contributed by atoms with E-state index >= 15 is 0 Å². The molecule has 102 valence electrons. The molecule has 1 aromatic heterocycles. The van der Waals surface area contributed by atoms with E-state index in [1.807, 2.05) is 6.07 Å². The zero-order valence-corrected chi connectivity index (χ0v) is 12.0. The zero-order chi connectivity index (χ0) is 14.5. The number of anilines is 1. The molecule has 3 rings (SSSR count). The Bertz CT molecular complexity index is 844. The fraction of sp³-hybridized carbons (Fsp3) is 0.214. The molecule has 0 atom stereocenters. The molecular formula is C14H13N3O2S. The van der Waals surface area contributed by atoms with E-state index < -0.39 is 10.0 Å². The van der Waals surface area contributed by atoms with Crippen LogP contribution in [0, 0.1) is 19.3 Å². The average molecular weight is 287 g/mol. The summed E-state index contributed by atoms with van der Waals surface area (Å²) in [7, 11) is -1.99. The molecule has 1 aliphatic rings. The van der Waals surface area contributed by atoms with Crippen molar-refractivity contribution in [2.45, 2.75) is 18.4 Å². The maximum Gasteiger partial charge on any atom is 0.264 e. The maximum absolute atomic E-state index is 12.5. The number of aromatic nitrogens is 2. The molecule has 0 N–H and O–H groups in total. The summed E-state index contributed by atoms with van der Waals surface area (Å²) in [5.74, 6) is 2.55. The summed E-state index contributed by atoms with van der Waals surface area (Å²) in [4.78, 5) is 0.285. The first kappa shape index (κ1) is 12.8. The van der Waals surface area contributed by atoms with Crippen molar-refractivity contribution in [3.8, 4) is 23.6 Å². The summed E-state index contributed by atoms with van der Waals surface area (Å²) >= 11 is 0. The van der Waals surface area contributed by atoms with Crippen LogP contribution >= 0.6 is 0 Å². The predicted octanol–water partition coefficient (Wildman–Crippen LogP) is 1.63. The van der Waals surface area contributed by atoms with Gasteiger partial charge in [0.05, 0.1) is 16.3 Å². The Hall–Kier alpha value is -2.26. The van der Waals surface area contributed by atoms with Crippen molar-refractivity contribution in [3.63, 3.8) is 0 Å². The number of fused-ring (bicyclic) bond motifs is 3. The van der Waals surface area contributed by atoms with Crippen LogP contribution in [-0.4, -0.2) is 25.2 Å². The van der Waals surface area contributed by atoms with Gasteiger partial charge in [-0.1, -0.05) is 24.1 Å². The molecule has 0 radical (unpaired) electrons. The Morgan fingerprint density at radius 2 is 2.05 bits per heavy atom. The summed E-state index contributed by atoms with van der Waals surface area (Å²) < 4.78 is 28.0. The van der Waals surface area contributed by atoms with Gasteiger partial charge in [-0.2, -0.15) is 5.10 Å². The minimum atomic E-state index is -3.53. The highest BCUT2D eigenvalue weighted by Crippen LogP contribution is 2.43. The quantitative estimate of drug-likeness (QED) is 0.749. The van der Waals surface area contributed by atoms with Crippen molar-refractivity contribution < 1.29 is 8.42 Å². The Labute approximate surface area is 117 Å². The maximum atomic E-state index is 12.5. The van der Waals surface area contributed by atoms with Crippen LogP contribution < -0.4 is 4.31 Å². The van der Waals surface area contributed by atoms with Gasteiger partial charge < -0.3 is 0 Å². The average Bonchev–Trinajstić information content (AvgIpc) is 2.74. The molecule has 5 nitrogen and oxygen atoms in total. The van der Waals surface area contributed by atoms with Crippen LogP contribution in [0.1, 0.15) is 5.69 Å². The number of hydrogen-bond donors (Lipinski definition) is 0. The van der Waals surface area contributed by atoms with Crippen molar-refractivity contribution in [3.05, 3.63) is 30.0 Å². The first-order valence-corrected chi connectivity index (χ1v) is 7.51. The third kappa shape index (κ3) is 1.50. The number of sulfonamides is 1. The van der Waals surface area contributed by atoms with Gasteiger partial charge in [0.15, 0.2) is 0 Å². The fourth-order valence-corrected chi connectivity index (χ4v) is 4.02. The highest BCUT2D eigenvalue weighted by molar-refractivity contribution is 7.93. The molecule has 6 heteroatoms. The summed E-state index contributed by atoms with van der Waals surface area (Å²) in [5, 5.41) is 4.36. The van der Waals surface area contributed by atoms with Crippen LogP contribution in [0.5, 0.6) is 0 Å². The lowest BCUT2D eigenvalue weighted by atomic mass is 10.1. The first-order chi connectivity index (χ1) is 9.48. The van der Waals surface area contributed by atoms with E-state index in [0.717, 1.165) is 5.69 Å². The Morgan fingerprint density at radius 3 is 2.75 bits per heavy atom. The topological polar surface area (TPSA) is 55.2 Å². The SMILES string of the molecule is C#CCn1nc(C)c2c1-c1ccccc1S(=O)(=O)N2C. The van der Waals surface area contributed by atoms with Gasteiger partial charge >= 0.3 is 0 Å². The molecule has 1 aliphatic heterocycles. The monoisotopic (exact) mass is 287 g/mol. The molecule has 20 heavy (non-hydrogen) atoms.